The standard InChI is InChI=1S/C18H21BrN2O4/c1-12-8-14(19)10-21(18(12)23)11-17(22)20-7-6-13-4-5-15(24-2)16(9-13)25-3/h4-5,8-10H,6-7,11H2,1-3H3,(H,20,22). The fraction of sp³-hybridized carbons (Fsp3) is 0.333. The fourth-order valence-electron chi connectivity index (χ4n) is 2.45. The Morgan fingerprint density at radius 3 is 2.60 bits per heavy atom. The van der Waals surface area contributed by atoms with Gasteiger partial charge in [0.25, 0.3) is 5.56 Å². The van der Waals surface area contributed by atoms with Gasteiger partial charge in [0, 0.05) is 22.8 Å². The summed E-state index contributed by atoms with van der Waals surface area (Å²) < 4.78 is 12.6. The first kappa shape index (κ1) is 19.1. The first-order valence-electron chi connectivity index (χ1n) is 7.78. The lowest BCUT2D eigenvalue weighted by molar-refractivity contribution is -0.121. The van der Waals surface area contributed by atoms with E-state index in [9.17, 15) is 9.59 Å². The molecule has 7 heteroatoms. The van der Waals surface area contributed by atoms with Crippen LogP contribution in [0.3, 0.4) is 0 Å². The third kappa shape index (κ3) is 5.09. The summed E-state index contributed by atoms with van der Waals surface area (Å²) in [7, 11) is 3.17. The van der Waals surface area contributed by atoms with Crippen LogP contribution >= 0.6 is 15.9 Å². The highest BCUT2D eigenvalue weighted by Gasteiger charge is 2.08. The maximum absolute atomic E-state index is 12.1. The molecule has 1 aromatic heterocycles. The number of rotatable bonds is 7. The van der Waals surface area contributed by atoms with Gasteiger partial charge in [-0.3, -0.25) is 9.59 Å². The van der Waals surface area contributed by atoms with Gasteiger partial charge < -0.3 is 19.4 Å². The van der Waals surface area contributed by atoms with E-state index in [1.54, 1.807) is 33.4 Å². The Bertz CT molecular complexity index is 817. The van der Waals surface area contributed by atoms with Gasteiger partial charge >= 0.3 is 0 Å². The van der Waals surface area contributed by atoms with Gasteiger partial charge in [0.15, 0.2) is 11.5 Å². The molecule has 0 aliphatic heterocycles. The predicted octanol–water partition coefficient (Wildman–Crippen LogP) is 2.30. The van der Waals surface area contributed by atoms with Gasteiger partial charge in [-0.15, -0.1) is 0 Å². The number of nitrogens with one attached hydrogen (secondary N) is 1. The monoisotopic (exact) mass is 408 g/mol. The molecule has 1 aromatic carbocycles. The van der Waals surface area contributed by atoms with E-state index in [2.05, 4.69) is 21.2 Å². The van der Waals surface area contributed by atoms with E-state index in [1.165, 1.54) is 4.57 Å². The zero-order chi connectivity index (χ0) is 18.4. The van der Waals surface area contributed by atoms with Crippen LogP contribution in [-0.2, 0) is 17.8 Å². The molecule has 0 radical (unpaired) electrons. The predicted molar refractivity (Wildman–Crippen MR) is 99.4 cm³/mol. The van der Waals surface area contributed by atoms with E-state index in [-0.39, 0.29) is 18.0 Å². The van der Waals surface area contributed by atoms with Crippen LogP contribution in [0, 0.1) is 6.92 Å². The lowest BCUT2D eigenvalue weighted by atomic mass is 10.1. The van der Waals surface area contributed by atoms with Gasteiger partial charge in [-0.05, 0) is 53.0 Å². The highest BCUT2D eigenvalue weighted by Crippen LogP contribution is 2.27. The molecule has 0 spiro atoms. The summed E-state index contributed by atoms with van der Waals surface area (Å²) in [5.74, 6) is 1.11. The molecule has 0 unspecified atom stereocenters. The average Bonchev–Trinajstić information content (AvgIpc) is 2.59. The van der Waals surface area contributed by atoms with Gasteiger partial charge in [0.2, 0.25) is 5.91 Å². The molecular formula is C18H21BrN2O4. The lowest BCUT2D eigenvalue weighted by Crippen LogP contribution is -2.33. The highest BCUT2D eigenvalue weighted by atomic mass is 79.9. The van der Waals surface area contributed by atoms with Gasteiger partial charge in [0.1, 0.15) is 6.54 Å². The summed E-state index contributed by atoms with van der Waals surface area (Å²) in [5, 5.41) is 2.83. The minimum absolute atomic E-state index is 0.00888. The molecule has 1 N–H and O–H groups in total. The number of hydrogen-bond donors (Lipinski definition) is 1. The zero-order valence-corrected chi connectivity index (χ0v) is 16.1. The molecule has 134 valence electrons. The van der Waals surface area contributed by atoms with Gasteiger partial charge in [-0.25, -0.2) is 0 Å². The van der Waals surface area contributed by atoms with E-state index in [0.717, 1.165) is 10.0 Å². The van der Waals surface area contributed by atoms with Crippen molar-refractivity contribution in [1.29, 1.82) is 0 Å². The molecule has 1 heterocycles. The van der Waals surface area contributed by atoms with Crippen molar-refractivity contribution in [1.82, 2.24) is 9.88 Å². The molecule has 25 heavy (non-hydrogen) atoms. The Balaban J connectivity index is 1.92. The Kier molecular flexibility index (Phi) is 6.64. The number of halogens is 1. The summed E-state index contributed by atoms with van der Waals surface area (Å²) in [6.07, 6.45) is 2.27. The van der Waals surface area contributed by atoms with Crippen LogP contribution in [0.5, 0.6) is 11.5 Å². The van der Waals surface area contributed by atoms with Crippen LogP contribution in [-0.4, -0.2) is 31.2 Å². The smallest absolute Gasteiger partial charge is 0.253 e. The van der Waals surface area contributed by atoms with Crippen molar-refractivity contribution in [2.24, 2.45) is 0 Å². The summed E-state index contributed by atoms with van der Waals surface area (Å²) in [4.78, 5) is 24.1. The van der Waals surface area contributed by atoms with Gasteiger partial charge in [-0.1, -0.05) is 6.07 Å². The molecule has 0 atom stereocenters. The summed E-state index contributed by atoms with van der Waals surface area (Å²) in [5.41, 5.74) is 1.44. The van der Waals surface area contributed by atoms with Crippen LogP contribution in [0.2, 0.25) is 0 Å². The quantitative estimate of drug-likeness (QED) is 0.762. The van der Waals surface area contributed by atoms with Gasteiger partial charge in [0.05, 0.1) is 14.2 Å². The molecular weight excluding hydrogens is 388 g/mol. The second kappa shape index (κ2) is 8.71. The second-order valence-corrected chi connectivity index (χ2v) is 6.48. The third-order valence-electron chi connectivity index (χ3n) is 3.73. The van der Waals surface area contributed by atoms with Crippen molar-refractivity contribution >= 4 is 21.8 Å². The van der Waals surface area contributed by atoms with Crippen molar-refractivity contribution in [3.8, 4) is 11.5 Å². The SMILES string of the molecule is COc1ccc(CCNC(=O)Cn2cc(Br)cc(C)c2=O)cc1OC. The topological polar surface area (TPSA) is 69.6 Å². The Hall–Kier alpha value is -2.28. The first-order valence-corrected chi connectivity index (χ1v) is 8.58. The van der Waals surface area contributed by atoms with Crippen LogP contribution in [0.25, 0.3) is 0 Å². The molecule has 0 aliphatic carbocycles. The Morgan fingerprint density at radius 2 is 1.92 bits per heavy atom. The molecule has 0 saturated carbocycles. The van der Waals surface area contributed by atoms with Crippen molar-refractivity contribution < 1.29 is 14.3 Å². The van der Waals surface area contributed by atoms with Crippen molar-refractivity contribution in [2.75, 3.05) is 20.8 Å². The van der Waals surface area contributed by atoms with Crippen molar-refractivity contribution in [2.45, 2.75) is 19.9 Å². The molecule has 2 rings (SSSR count). The van der Waals surface area contributed by atoms with Crippen LogP contribution in [0.15, 0.2) is 39.7 Å². The number of nitrogens with zero attached hydrogens (tertiary/aromatic N) is 1. The van der Waals surface area contributed by atoms with Crippen LogP contribution < -0.4 is 20.3 Å². The molecule has 1 amide bonds. The molecule has 0 bridgehead atoms. The fourth-order valence-corrected chi connectivity index (χ4v) is 3.04. The lowest BCUT2D eigenvalue weighted by Gasteiger charge is -2.11. The van der Waals surface area contributed by atoms with Crippen molar-refractivity contribution in [3.05, 3.63) is 56.4 Å². The number of methoxy groups -OCH3 is 2. The van der Waals surface area contributed by atoms with E-state index in [1.807, 2.05) is 18.2 Å². The van der Waals surface area contributed by atoms with E-state index >= 15 is 0 Å². The third-order valence-corrected chi connectivity index (χ3v) is 4.16. The number of hydrogen-bond acceptors (Lipinski definition) is 4. The number of aromatic nitrogens is 1. The minimum atomic E-state index is -0.208. The number of aryl methyl sites for hydroxylation is 1. The van der Waals surface area contributed by atoms with Crippen LogP contribution in [0.1, 0.15) is 11.1 Å². The highest BCUT2D eigenvalue weighted by molar-refractivity contribution is 9.10. The molecule has 0 aliphatic rings. The summed E-state index contributed by atoms with van der Waals surface area (Å²) in [6.45, 7) is 2.18. The number of carbonyl (C=O) groups is 1. The van der Waals surface area contributed by atoms with E-state index in [4.69, 9.17) is 9.47 Å². The molecule has 0 saturated heterocycles. The van der Waals surface area contributed by atoms with E-state index < -0.39 is 0 Å². The van der Waals surface area contributed by atoms with Gasteiger partial charge in [-0.2, -0.15) is 0 Å². The maximum Gasteiger partial charge on any atom is 0.253 e. The maximum atomic E-state index is 12.1. The second-order valence-electron chi connectivity index (χ2n) is 5.56. The number of pyridine rings is 1. The molecule has 2 aromatic rings. The Morgan fingerprint density at radius 1 is 1.20 bits per heavy atom. The Labute approximate surface area is 154 Å². The number of benzene rings is 1. The average molecular weight is 409 g/mol. The zero-order valence-electron chi connectivity index (χ0n) is 14.5. The van der Waals surface area contributed by atoms with Crippen molar-refractivity contribution in [3.63, 3.8) is 0 Å². The summed E-state index contributed by atoms with van der Waals surface area (Å²) >= 11 is 3.33. The largest absolute Gasteiger partial charge is 0.493 e. The molecule has 6 nitrogen and oxygen atoms in total. The number of amides is 1. The first-order chi connectivity index (χ1) is 11.9. The molecule has 0 fully saturated rings. The minimum Gasteiger partial charge on any atom is -0.493 e. The van der Waals surface area contributed by atoms with Crippen LogP contribution in [0.4, 0.5) is 0 Å². The van der Waals surface area contributed by atoms with E-state index in [0.29, 0.717) is 30.0 Å². The number of ether oxygens (including phenoxy) is 2. The number of carbonyl (C=O) groups excluding carboxylic acids is 1. The summed E-state index contributed by atoms with van der Waals surface area (Å²) in [6, 6.07) is 7.37. The normalized spacial score (nSPS) is 10.4.